The summed E-state index contributed by atoms with van der Waals surface area (Å²) < 4.78 is 5.47. The van der Waals surface area contributed by atoms with Gasteiger partial charge in [0.2, 0.25) is 5.91 Å². The van der Waals surface area contributed by atoms with Crippen LogP contribution >= 0.6 is 0 Å². The number of amides is 1. The summed E-state index contributed by atoms with van der Waals surface area (Å²) in [6.45, 7) is 11.2. The lowest BCUT2D eigenvalue weighted by atomic mass is 9.80. The molecule has 1 atom stereocenters. The van der Waals surface area contributed by atoms with Crippen molar-refractivity contribution in [3.05, 3.63) is 35.9 Å². The van der Waals surface area contributed by atoms with E-state index in [0.29, 0.717) is 18.2 Å². The molecular weight excluding hydrogens is 312 g/mol. The van der Waals surface area contributed by atoms with Crippen molar-refractivity contribution in [2.75, 3.05) is 45.9 Å². The molecule has 0 aromatic heterocycles. The molecule has 2 heterocycles. The van der Waals surface area contributed by atoms with Crippen molar-refractivity contribution in [2.24, 2.45) is 5.92 Å². The zero-order chi connectivity index (χ0) is 17.7. The number of piperazine rings is 1. The minimum absolute atomic E-state index is 0.0429. The number of carbonyl (C=O) groups is 1. The Morgan fingerprint density at radius 1 is 1.16 bits per heavy atom. The molecule has 0 N–H and O–H groups in total. The zero-order valence-electron chi connectivity index (χ0n) is 15.7. The summed E-state index contributed by atoms with van der Waals surface area (Å²) in [5.41, 5.74) is 1.35. The van der Waals surface area contributed by atoms with Gasteiger partial charge >= 0.3 is 0 Å². The van der Waals surface area contributed by atoms with Crippen LogP contribution in [-0.2, 0) is 14.9 Å². The van der Waals surface area contributed by atoms with Crippen LogP contribution in [0.1, 0.15) is 38.7 Å². The molecule has 3 rings (SSSR count). The Labute approximate surface area is 152 Å². The van der Waals surface area contributed by atoms with Gasteiger partial charge in [-0.25, -0.2) is 0 Å². The Morgan fingerprint density at radius 2 is 1.88 bits per heavy atom. The summed E-state index contributed by atoms with van der Waals surface area (Å²) >= 11 is 0. The SMILES string of the molecule is CC(C)(CCC(=O)N1CCN(CC2CCOC2)CC1)c1ccccc1. The highest BCUT2D eigenvalue weighted by molar-refractivity contribution is 5.76. The number of rotatable bonds is 6. The Bertz CT molecular complexity index is 544. The molecule has 0 bridgehead atoms. The van der Waals surface area contributed by atoms with Gasteiger partial charge in [-0.15, -0.1) is 0 Å². The summed E-state index contributed by atoms with van der Waals surface area (Å²) in [5, 5.41) is 0. The third-order valence-corrected chi connectivity index (χ3v) is 5.78. The second-order valence-electron chi connectivity index (χ2n) is 8.16. The first-order valence-electron chi connectivity index (χ1n) is 9.68. The zero-order valence-corrected chi connectivity index (χ0v) is 15.7. The van der Waals surface area contributed by atoms with Crippen LogP contribution in [0.25, 0.3) is 0 Å². The normalized spacial score (nSPS) is 22.3. The van der Waals surface area contributed by atoms with Gasteiger partial charge in [0, 0.05) is 45.8 Å². The topological polar surface area (TPSA) is 32.8 Å². The minimum Gasteiger partial charge on any atom is -0.381 e. The van der Waals surface area contributed by atoms with E-state index >= 15 is 0 Å². The molecule has 1 amide bonds. The van der Waals surface area contributed by atoms with Crippen LogP contribution in [0.2, 0.25) is 0 Å². The van der Waals surface area contributed by atoms with Crippen molar-refractivity contribution in [3.63, 3.8) is 0 Å². The highest BCUT2D eigenvalue weighted by Gasteiger charge is 2.27. The first-order chi connectivity index (χ1) is 12.0. The fourth-order valence-corrected chi connectivity index (χ4v) is 3.88. The van der Waals surface area contributed by atoms with Crippen LogP contribution in [0.5, 0.6) is 0 Å². The van der Waals surface area contributed by atoms with E-state index in [9.17, 15) is 4.79 Å². The van der Waals surface area contributed by atoms with E-state index in [4.69, 9.17) is 4.74 Å². The molecule has 2 saturated heterocycles. The number of hydrogen-bond acceptors (Lipinski definition) is 3. The molecule has 0 radical (unpaired) electrons. The number of carbonyl (C=O) groups excluding carboxylic acids is 1. The Morgan fingerprint density at radius 3 is 2.52 bits per heavy atom. The van der Waals surface area contributed by atoms with E-state index in [1.54, 1.807) is 0 Å². The molecular formula is C21H32N2O2. The maximum absolute atomic E-state index is 12.6. The predicted molar refractivity (Wildman–Crippen MR) is 101 cm³/mol. The highest BCUT2D eigenvalue weighted by Crippen LogP contribution is 2.28. The Kier molecular flexibility index (Phi) is 6.13. The Balaban J connectivity index is 1.42. The summed E-state index contributed by atoms with van der Waals surface area (Å²) in [5.74, 6) is 1.00. The van der Waals surface area contributed by atoms with Crippen LogP contribution < -0.4 is 0 Å². The minimum atomic E-state index is 0.0429. The van der Waals surface area contributed by atoms with E-state index < -0.39 is 0 Å². The lowest BCUT2D eigenvalue weighted by Gasteiger charge is -2.36. The van der Waals surface area contributed by atoms with E-state index in [2.05, 4.69) is 47.9 Å². The molecule has 1 aromatic rings. The Hall–Kier alpha value is -1.39. The number of nitrogens with zero attached hydrogens (tertiary/aromatic N) is 2. The number of ether oxygens (including phenoxy) is 1. The molecule has 2 aliphatic rings. The largest absolute Gasteiger partial charge is 0.381 e. The lowest BCUT2D eigenvalue weighted by Crippen LogP contribution is -2.50. The molecule has 25 heavy (non-hydrogen) atoms. The van der Waals surface area contributed by atoms with Crippen molar-refractivity contribution in [3.8, 4) is 0 Å². The molecule has 4 nitrogen and oxygen atoms in total. The molecule has 138 valence electrons. The molecule has 0 spiro atoms. The van der Waals surface area contributed by atoms with E-state index in [1.165, 1.54) is 12.0 Å². The van der Waals surface area contributed by atoms with Gasteiger partial charge in [0.05, 0.1) is 6.61 Å². The summed E-state index contributed by atoms with van der Waals surface area (Å²) in [7, 11) is 0. The van der Waals surface area contributed by atoms with Crippen molar-refractivity contribution in [2.45, 2.75) is 38.5 Å². The monoisotopic (exact) mass is 344 g/mol. The number of benzene rings is 1. The van der Waals surface area contributed by atoms with Gasteiger partial charge in [-0.2, -0.15) is 0 Å². The molecule has 0 saturated carbocycles. The smallest absolute Gasteiger partial charge is 0.222 e. The molecule has 0 aliphatic carbocycles. The first-order valence-corrected chi connectivity index (χ1v) is 9.68. The van der Waals surface area contributed by atoms with Crippen molar-refractivity contribution in [1.82, 2.24) is 9.80 Å². The van der Waals surface area contributed by atoms with Crippen molar-refractivity contribution >= 4 is 5.91 Å². The average molecular weight is 344 g/mol. The molecule has 1 unspecified atom stereocenters. The van der Waals surface area contributed by atoms with Crippen LogP contribution in [0.4, 0.5) is 0 Å². The van der Waals surface area contributed by atoms with Crippen LogP contribution in [0, 0.1) is 5.92 Å². The standard InChI is InChI=1S/C21H32N2O2/c1-21(2,19-6-4-3-5-7-19)10-8-20(24)23-13-11-22(12-14-23)16-18-9-15-25-17-18/h3-7,18H,8-17H2,1-2H3. The average Bonchev–Trinajstić information content (AvgIpc) is 3.14. The number of hydrogen-bond donors (Lipinski definition) is 0. The maximum atomic E-state index is 12.6. The van der Waals surface area contributed by atoms with E-state index in [-0.39, 0.29) is 5.41 Å². The lowest BCUT2D eigenvalue weighted by molar-refractivity contribution is -0.133. The van der Waals surface area contributed by atoms with Gasteiger partial charge in [0.1, 0.15) is 0 Å². The molecule has 2 aliphatic heterocycles. The van der Waals surface area contributed by atoms with Gasteiger partial charge in [0.25, 0.3) is 0 Å². The van der Waals surface area contributed by atoms with Crippen LogP contribution in [0.15, 0.2) is 30.3 Å². The second kappa shape index (κ2) is 8.33. The first kappa shape index (κ1) is 18.4. The van der Waals surface area contributed by atoms with E-state index in [1.807, 2.05) is 6.07 Å². The third-order valence-electron chi connectivity index (χ3n) is 5.78. The van der Waals surface area contributed by atoms with Gasteiger partial charge in [-0.3, -0.25) is 9.69 Å². The van der Waals surface area contributed by atoms with Crippen molar-refractivity contribution < 1.29 is 9.53 Å². The van der Waals surface area contributed by atoms with Gasteiger partial charge in [-0.1, -0.05) is 44.2 Å². The summed E-state index contributed by atoms with van der Waals surface area (Å²) in [6, 6.07) is 10.5. The summed E-state index contributed by atoms with van der Waals surface area (Å²) in [6.07, 6.45) is 2.72. The van der Waals surface area contributed by atoms with Gasteiger partial charge in [0.15, 0.2) is 0 Å². The van der Waals surface area contributed by atoms with Gasteiger partial charge in [-0.05, 0) is 29.7 Å². The highest BCUT2D eigenvalue weighted by atomic mass is 16.5. The van der Waals surface area contributed by atoms with Gasteiger partial charge < -0.3 is 9.64 Å². The molecule has 2 fully saturated rings. The summed E-state index contributed by atoms with van der Waals surface area (Å²) in [4.78, 5) is 17.2. The molecule has 4 heteroatoms. The van der Waals surface area contributed by atoms with Crippen molar-refractivity contribution in [1.29, 1.82) is 0 Å². The van der Waals surface area contributed by atoms with Crippen LogP contribution in [-0.4, -0.2) is 61.6 Å². The predicted octanol–water partition coefficient (Wildman–Crippen LogP) is 2.93. The quantitative estimate of drug-likeness (QED) is 0.795. The van der Waals surface area contributed by atoms with E-state index in [0.717, 1.165) is 52.4 Å². The fourth-order valence-electron chi connectivity index (χ4n) is 3.88. The fraction of sp³-hybridized carbons (Fsp3) is 0.667. The second-order valence-corrected chi connectivity index (χ2v) is 8.16. The maximum Gasteiger partial charge on any atom is 0.222 e. The third kappa shape index (κ3) is 5.05. The molecule has 1 aromatic carbocycles. The van der Waals surface area contributed by atoms with Crippen LogP contribution in [0.3, 0.4) is 0 Å².